The molecule has 3 heterocycles. The highest BCUT2D eigenvalue weighted by atomic mass is 32.1. The highest BCUT2D eigenvalue weighted by Gasteiger charge is 2.13. The van der Waals surface area contributed by atoms with E-state index >= 15 is 0 Å². The average Bonchev–Trinajstić information content (AvgIpc) is 3.32. The number of nitrogens with one attached hydrogen (secondary N) is 1. The Morgan fingerprint density at radius 1 is 1.15 bits per heavy atom. The maximum absolute atomic E-state index is 12.1. The van der Waals surface area contributed by atoms with Crippen LogP contribution in [0.1, 0.15) is 30.7 Å². The Morgan fingerprint density at radius 3 is 2.77 bits per heavy atom. The van der Waals surface area contributed by atoms with E-state index in [0.717, 1.165) is 48.0 Å². The SMILES string of the molecule is O=C(CCCc1nc2ccccc2s1)Nc1ccc(N2CCCC2)nc1. The maximum Gasteiger partial charge on any atom is 0.224 e. The molecule has 0 radical (unpaired) electrons. The molecule has 2 aromatic heterocycles. The molecule has 0 saturated carbocycles. The number of nitrogens with zero attached hydrogens (tertiary/aromatic N) is 3. The molecule has 0 bridgehead atoms. The lowest BCUT2D eigenvalue weighted by Crippen LogP contribution is -2.19. The Kier molecular flexibility index (Phi) is 5.11. The minimum Gasteiger partial charge on any atom is -0.357 e. The van der Waals surface area contributed by atoms with E-state index in [-0.39, 0.29) is 5.91 Å². The number of carbonyl (C=O) groups is 1. The number of para-hydroxylation sites is 1. The van der Waals surface area contributed by atoms with Gasteiger partial charge in [-0.15, -0.1) is 11.3 Å². The van der Waals surface area contributed by atoms with Crippen LogP contribution >= 0.6 is 11.3 Å². The first-order chi connectivity index (χ1) is 12.8. The van der Waals surface area contributed by atoms with E-state index in [4.69, 9.17) is 0 Å². The molecule has 3 aromatic rings. The van der Waals surface area contributed by atoms with Gasteiger partial charge in [0.2, 0.25) is 5.91 Å². The Balaban J connectivity index is 1.25. The summed E-state index contributed by atoms with van der Waals surface area (Å²) in [4.78, 5) is 23.5. The first kappa shape index (κ1) is 17.0. The third-order valence-corrected chi connectivity index (χ3v) is 5.69. The van der Waals surface area contributed by atoms with Crippen molar-refractivity contribution in [3.8, 4) is 0 Å². The van der Waals surface area contributed by atoms with E-state index in [9.17, 15) is 4.79 Å². The van der Waals surface area contributed by atoms with E-state index in [0.29, 0.717) is 6.42 Å². The highest BCUT2D eigenvalue weighted by Crippen LogP contribution is 2.23. The molecule has 1 saturated heterocycles. The van der Waals surface area contributed by atoms with E-state index in [1.54, 1.807) is 17.5 Å². The summed E-state index contributed by atoms with van der Waals surface area (Å²) in [5.41, 5.74) is 1.80. The predicted molar refractivity (Wildman–Crippen MR) is 107 cm³/mol. The molecule has 1 aliphatic heterocycles. The second kappa shape index (κ2) is 7.83. The van der Waals surface area contributed by atoms with Crippen LogP contribution in [0.5, 0.6) is 0 Å². The van der Waals surface area contributed by atoms with Gasteiger partial charge in [-0.2, -0.15) is 0 Å². The topological polar surface area (TPSA) is 58.1 Å². The van der Waals surface area contributed by atoms with Crippen LogP contribution in [0.3, 0.4) is 0 Å². The van der Waals surface area contributed by atoms with Crippen molar-refractivity contribution in [3.63, 3.8) is 0 Å². The molecule has 134 valence electrons. The third kappa shape index (κ3) is 4.02. The van der Waals surface area contributed by atoms with Gasteiger partial charge in [-0.3, -0.25) is 4.79 Å². The molecule has 1 aliphatic rings. The van der Waals surface area contributed by atoms with Gasteiger partial charge in [-0.05, 0) is 49.9 Å². The van der Waals surface area contributed by atoms with Gasteiger partial charge < -0.3 is 10.2 Å². The zero-order chi connectivity index (χ0) is 17.8. The van der Waals surface area contributed by atoms with Crippen molar-refractivity contribution in [2.75, 3.05) is 23.3 Å². The number of hydrogen-bond donors (Lipinski definition) is 1. The lowest BCUT2D eigenvalue weighted by atomic mass is 10.2. The van der Waals surface area contributed by atoms with Crippen LogP contribution in [0.2, 0.25) is 0 Å². The largest absolute Gasteiger partial charge is 0.357 e. The van der Waals surface area contributed by atoms with Gasteiger partial charge in [0, 0.05) is 19.5 Å². The third-order valence-electron chi connectivity index (χ3n) is 4.59. The lowest BCUT2D eigenvalue weighted by molar-refractivity contribution is -0.116. The number of amides is 1. The molecule has 6 heteroatoms. The molecule has 1 amide bonds. The number of aromatic nitrogens is 2. The Labute approximate surface area is 157 Å². The van der Waals surface area contributed by atoms with Crippen molar-refractivity contribution in [2.45, 2.75) is 32.1 Å². The van der Waals surface area contributed by atoms with E-state index in [2.05, 4.69) is 26.3 Å². The number of rotatable bonds is 6. The zero-order valence-electron chi connectivity index (χ0n) is 14.6. The Bertz CT molecular complexity index is 851. The van der Waals surface area contributed by atoms with Gasteiger partial charge in [0.25, 0.3) is 0 Å². The summed E-state index contributed by atoms with van der Waals surface area (Å²) in [6.07, 6.45) is 6.33. The highest BCUT2D eigenvalue weighted by molar-refractivity contribution is 7.18. The molecule has 1 aromatic carbocycles. The van der Waals surface area contributed by atoms with Crippen molar-refractivity contribution in [1.82, 2.24) is 9.97 Å². The standard InChI is InChI=1S/C20H22N4OS/c25-19(8-5-9-20-23-16-6-1-2-7-17(16)26-20)22-15-10-11-18(21-14-15)24-12-3-4-13-24/h1-2,6-7,10-11,14H,3-5,8-9,12-13H2,(H,22,25). The zero-order valence-corrected chi connectivity index (χ0v) is 15.5. The van der Waals surface area contributed by atoms with Crippen LogP contribution in [0, 0.1) is 0 Å². The summed E-state index contributed by atoms with van der Waals surface area (Å²) >= 11 is 1.71. The average molecular weight is 366 g/mol. The van der Waals surface area contributed by atoms with Gasteiger partial charge in [0.15, 0.2) is 0 Å². The van der Waals surface area contributed by atoms with E-state index in [1.807, 2.05) is 30.3 Å². The van der Waals surface area contributed by atoms with Crippen LogP contribution in [0.4, 0.5) is 11.5 Å². The molecule has 0 unspecified atom stereocenters. The molecule has 1 fully saturated rings. The molecule has 1 N–H and O–H groups in total. The van der Waals surface area contributed by atoms with Crippen LogP contribution in [-0.2, 0) is 11.2 Å². The van der Waals surface area contributed by atoms with Crippen molar-refractivity contribution in [1.29, 1.82) is 0 Å². The van der Waals surface area contributed by atoms with Gasteiger partial charge >= 0.3 is 0 Å². The molecule has 4 rings (SSSR count). The molecular formula is C20H22N4OS. The molecule has 0 spiro atoms. The van der Waals surface area contributed by atoms with Crippen molar-refractivity contribution in [2.24, 2.45) is 0 Å². The molecule has 26 heavy (non-hydrogen) atoms. The first-order valence-electron chi connectivity index (χ1n) is 9.13. The molecule has 5 nitrogen and oxygen atoms in total. The van der Waals surface area contributed by atoms with Crippen molar-refractivity contribution in [3.05, 3.63) is 47.6 Å². The summed E-state index contributed by atoms with van der Waals surface area (Å²) in [5.74, 6) is 1.03. The summed E-state index contributed by atoms with van der Waals surface area (Å²) in [6.45, 7) is 2.15. The Hall–Kier alpha value is -2.47. The quantitative estimate of drug-likeness (QED) is 0.708. The number of fused-ring (bicyclic) bond motifs is 1. The number of carbonyl (C=O) groups excluding carboxylic acids is 1. The van der Waals surface area contributed by atoms with Gasteiger partial charge in [-0.1, -0.05) is 12.1 Å². The van der Waals surface area contributed by atoms with Crippen molar-refractivity contribution < 1.29 is 4.79 Å². The minimum absolute atomic E-state index is 0.0295. The fourth-order valence-corrected chi connectivity index (χ4v) is 4.25. The number of aryl methyl sites for hydroxylation is 1. The normalized spacial score (nSPS) is 14.1. The fraction of sp³-hybridized carbons (Fsp3) is 0.350. The fourth-order valence-electron chi connectivity index (χ4n) is 3.24. The van der Waals surface area contributed by atoms with Crippen LogP contribution < -0.4 is 10.2 Å². The predicted octanol–water partition coefficient (Wildman–Crippen LogP) is 4.25. The first-order valence-corrected chi connectivity index (χ1v) is 9.95. The van der Waals surface area contributed by atoms with Crippen LogP contribution in [0.25, 0.3) is 10.2 Å². The lowest BCUT2D eigenvalue weighted by Gasteiger charge is -2.16. The monoisotopic (exact) mass is 366 g/mol. The van der Waals surface area contributed by atoms with Gasteiger partial charge in [-0.25, -0.2) is 9.97 Å². The van der Waals surface area contributed by atoms with Gasteiger partial charge in [0.1, 0.15) is 5.82 Å². The molecule has 0 atom stereocenters. The second-order valence-corrected chi connectivity index (χ2v) is 7.69. The summed E-state index contributed by atoms with van der Waals surface area (Å²) in [6, 6.07) is 12.1. The van der Waals surface area contributed by atoms with Crippen LogP contribution in [0.15, 0.2) is 42.6 Å². The molecule has 0 aliphatic carbocycles. The number of anilines is 2. The Morgan fingerprint density at radius 2 is 2.00 bits per heavy atom. The summed E-state index contributed by atoms with van der Waals surface area (Å²) < 4.78 is 1.20. The number of benzene rings is 1. The van der Waals surface area contributed by atoms with E-state index in [1.165, 1.54) is 17.5 Å². The minimum atomic E-state index is 0.0295. The maximum atomic E-state index is 12.1. The smallest absolute Gasteiger partial charge is 0.224 e. The van der Waals surface area contributed by atoms with Crippen LogP contribution in [-0.4, -0.2) is 29.0 Å². The summed E-state index contributed by atoms with van der Waals surface area (Å²) in [5, 5.41) is 4.03. The van der Waals surface area contributed by atoms with Gasteiger partial charge in [0.05, 0.1) is 27.1 Å². The number of thiazole rings is 1. The van der Waals surface area contributed by atoms with Crippen molar-refractivity contribution >= 4 is 39.0 Å². The molecular weight excluding hydrogens is 344 g/mol. The second-order valence-electron chi connectivity index (χ2n) is 6.58. The van der Waals surface area contributed by atoms with E-state index < -0.39 is 0 Å². The number of pyridine rings is 1. The number of hydrogen-bond acceptors (Lipinski definition) is 5. The summed E-state index contributed by atoms with van der Waals surface area (Å²) in [7, 11) is 0.